The molecule has 0 saturated carbocycles. The zero-order chi connectivity index (χ0) is 13.8. The molecule has 0 fully saturated rings. The third-order valence-electron chi connectivity index (χ3n) is 2.93. The number of nitrogens with two attached hydrogens (primary N) is 1. The van der Waals surface area contributed by atoms with Crippen LogP contribution in [0.15, 0.2) is 30.5 Å². The van der Waals surface area contributed by atoms with Crippen LogP contribution < -0.4 is 5.73 Å². The molecule has 2 aromatic rings. The topological polar surface area (TPSA) is 51.8 Å². The summed E-state index contributed by atoms with van der Waals surface area (Å²) in [5, 5.41) is 0. The van der Waals surface area contributed by atoms with Gasteiger partial charge >= 0.3 is 0 Å². The molecule has 0 bridgehead atoms. The Morgan fingerprint density at radius 3 is 2.68 bits per heavy atom. The molecule has 0 aliphatic carbocycles. The van der Waals surface area contributed by atoms with Crippen molar-refractivity contribution in [2.45, 2.75) is 19.3 Å². The molecular weight excluding hydrogens is 248 g/mol. The maximum Gasteiger partial charge on any atom is 0.159 e. The third kappa shape index (κ3) is 3.12. The number of nitrogens with zero attached hydrogens (tertiary/aromatic N) is 2. The van der Waals surface area contributed by atoms with Gasteiger partial charge in [0.2, 0.25) is 0 Å². The van der Waals surface area contributed by atoms with Crippen LogP contribution in [0, 0.1) is 11.6 Å². The van der Waals surface area contributed by atoms with Crippen molar-refractivity contribution in [2.75, 3.05) is 6.54 Å². The predicted octanol–water partition coefficient (Wildman–Crippen LogP) is 2.87. The van der Waals surface area contributed by atoms with Crippen LogP contribution in [0.5, 0.6) is 0 Å². The van der Waals surface area contributed by atoms with Gasteiger partial charge in [-0.3, -0.25) is 0 Å². The van der Waals surface area contributed by atoms with Gasteiger partial charge in [-0.1, -0.05) is 6.92 Å². The second-order valence-electron chi connectivity index (χ2n) is 4.41. The van der Waals surface area contributed by atoms with Crippen LogP contribution in [0.25, 0.3) is 11.3 Å². The van der Waals surface area contributed by atoms with E-state index in [1.807, 2.05) is 6.92 Å². The van der Waals surface area contributed by atoms with Crippen LogP contribution in [-0.4, -0.2) is 16.5 Å². The van der Waals surface area contributed by atoms with Crippen LogP contribution in [0.1, 0.15) is 25.1 Å². The van der Waals surface area contributed by atoms with Gasteiger partial charge in [0.15, 0.2) is 11.6 Å². The van der Waals surface area contributed by atoms with E-state index in [1.165, 1.54) is 6.07 Å². The molecule has 0 amide bonds. The molecule has 1 heterocycles. The fraction of sp³-hybridized carbons (Fsp3) is 0.286. The van der Waals surface area contributed by atoms with E-state index in [-0.39, 0.29) is 5.92 Å². The molecule has 2 N–H and O–H groups in total. The van der Waals surface area contributed by atoms with E-state index in [0.717, 1.165) is 18.6 Å². The van der Waals surface area contributed by atoms with Gasteiger partial charge in [0.05, 0.1) is 5.69 Å². The first-order valence-corrected chi connectivity index (χ1v) is 6.10. The van der Waals surface area contributed by atoms with Gasteiger partial charge in [0, 0.05) is 17.7 Å². The number of benzene rings is 1. The molecular formula is C14H15F2N3. The van der Waals surface area contributed by atoms with Crippen LogP contribution >= 0.6 is 0 Å². The number of aromatic nitrogens is 2. The predicted molar refractivity (Wildman–Crippen MR) is 69.5 cm³/mol. The molecule has 19 heavy (non-hydrogen) atoms. The Kier molecular flexibility index (Phi) is 4.16. The number of rotatable bonds is 4. The minimum Gasteiger partial charge on any atom is -0.330 e. The highest BCUT2D eigenvalue weighted by atomic mass is 19.2. The quantitative estimate of drug-likeness (QED) is 0.922. The smallest absolute Gasteiger partial charge is 0.159 e. The Bertz CT molecular complexity index is 572. The molecule has 100 valence electrons. The molecule has 5 heteroatoms. The molecule has 2 rings (SSSR count). The first-order chi connectivity index (χ1) is 9.11. The zero-order valence-electron chi connectivity index (χ0n) is 10.6. The third-order valence-corrected chi connectivity index (χ3v) is 2.93. The van der Waals surface area contributed by atoms with Crippen molar-refractivity contribution in [3.05, 3.63) is 47.9 Å². The Hall–Kier alpha value is -1.88. The standard InChI is InChI=1S/C14H15F2N3/c1-9(4-6-17)14-18-7-5-13(19-14)10-2-3-11(15)12(16)8-10/h2-3,5,7-9H,4,6,17H2,1H3. The van der Waals surface area contributed by atoms with Crippen LogP contribution in [-0.2, 0) is 0 Å². The summed E-state index contributed by atoms with van der Waals surface area (Å²) < 4.78 is 26.1. The molecule has 0 saturated heterocycles. The summed E-state index contributed by atoms with van der Waals surface area (Å²) >= 11 is 0. The van der Waals surface area contributed by atoms with E-state index in [4.69, 9.17) is 5.73 Å². The maximum atomic E-state index is 13.2. The molecule has 1 aromatic heterocycles. The molecule has 1 atom stereocenters. The highest BCUT2D eigenvalue weighted by Crippen LogP contribution is 2.21. The van der Waals surface area contributed by atoms with Crippen molar-refractivity contribution in [3.63, 3.8) is 0 Å². The van der Waals surface area contributed by atoms with Crippen molar-refractivity contribution in [1.29, 1.82) is 0 Å². The number of hydrogen-bond donors (Lipinski definition) is 1. The Labute approximate surface area is 110 Å². The minimum atomic E-state index is -0.882. The van der Waals surface area contributed by atoms with Crippen LogP contribution in [0.3, 0.4) is 0 Å². The summed E-state index contributed by atoms with van der Waals surface area (Å²) in [4.78, 5) is 8.57. The summed E-state index contributed by atoms with van der Waals surface area (Å²) in [7, 11) is 0. The van der Waals surface area contributed by atoms with Crippen molar-refractivity contribution in [1.82, 2.24) is 9.97 Å². The van der Waals surface area contributed by atoms with E-state index in [1.54, 1.807) is 12.3 Å². The second kappa shape index (κ2) is 5.84. The summed E-state index contributed by atoms with van der Waals surface area (Å²) in [5.41, 5.74) is 6.61. The SMILES string of the molecule is CC(CCN)c1nccc(-c2ccc(F)c(F)c2)n1. The lowest BCUT2D eigenvalue weighted by molar-refractivity contribution is 0.509. The van der Waals surface area contributed by atoms with Crippen molar-refractivity contribution >= 4 is 0 Å². The highest BCUT2D eigenvalue weighted by molar-refractivity contribution is 5.58. The van der Waals surface area contributed by atoms with Gasteiger partial charge in [0.25, 0.3) is 0 Å². The molecule has 0 aliphatic heterocycles. The molecule has 0 spiro atoms. The van der Waals surface area contributed by atoms with E-state index in [2.05, 4.69) is 9.97 Å². The Morgan fingerprint density at radius 2 is 2.00 bits per heavy atom. The lowest BCUT2D eigenvalue weighted by atomic mass is 10.1. The van der Waals surface area contributed by atoms with Crippen LogP contribution in [0.4, 0.5) is 8.78 Å². The highest BCUT2D eigenvalue weighted by Gasteiger charge is 2.10. The summed E-state index contributed by atoms with van der Waals surface area (Å²) in [5.74, 6) is -0.954. The summed E-state index contributed by atoms with van der Waals surface area (Å²) in [6.07, 6.45) is 2.40. The van der Waals surface area contributed by atoms with Crippen molar-refractivity contribution in [2.24, 2.45) is 5.73 Å². The number of hydrogen-bond acceptors (Lipinski definition) is 3. The van der Waals surface area contributed by atoms with Gasteiger partial charge < -0.3 is 5.73 Å². The lowest BCUT2D eigenvalue weighted by Crippen LogP contribution is -2.08. The molecule has 1 unspecified atom stereocenters. The van der Waals surface area contributed by atoms with Gasteiger partial charge in [-0.25, -0.2) is 18.7 Å². The average Bonchev–Trinajstić information content (AvgIpc) is 2.42. The van der Waals surface area contributed by atoms with Crippen LogP contribution in [0.2, 0.25) is 0 Å². The van der Waals surface area contributed by atoms with Gasteiger partial charge in [-0.2, -0.15) is 0 Å². The average molecular weight is 263 g/mol. The van der Waals surface area contributed by atoms with Crippen molar-refractivity contribution < 1.29 is 8.78 Å². The van der Waals surface area contributed by atoms with E-state index in [9.17, 15) is 8.78 Å². The molecule has 3 nitrogen and oxygen atoms in total. The van der Waals surface area contributed by atoms with Gasteiger partial charge in [-0.05, 0) is 37.2 Å². The Morgan fingerprint density at radius 1 is 1.21 bits per heavy atom. The molecule has 0 aliphatic rings. The second-order valence-corrected chi connectivity index (χ2v) is 4.41. The largest absolute Gasteiger partial charge is 0.330 e. The maximum absolute atomic E-state index is 13.2. The van der Waals surface area contributed by atoms with Gasteiger partial charge in [0.1, 0.15) is 5.82 Å². The summed E-state index contributed by atoms with van der Waals surface area (Å²) in [6.45, 7) is 2.54. The minimum absolute atomic E-state index is 0.134. The number of halogens is 2. The van der Waals surface area contributed by atoms with Gasteiger partial charge in [-0.15, -0.1) is 0 Å². The Balaban J connectivity index is 2.34. The lowest BCUT2D eigenvalue weighted by Gasteiger charge is -2.10. The monoisotopic (exact) mass is 263 g/mol. The fourth-order valence-electron chi connectivity index (χ4n) is 1.81. The summed E-state index contributed by atoms with van der Waals surface area (Å²) in [6, 6.07) is 5.40. The molecule has 0 radical (unpaired) electrons. The first-order valence-electron chi connectivity index (χ1n) is 6.10. The molecule has 1 aromatic carbocycles. The van der Waals surface area contributed by atoms with E-state index in [0.29, 0.717) is 23.6 Å². The fourth-order valence-corrected chi connectivity index (χ4v) is 1.81. The van der Waals surface area contributed by atoms with Crippen molar-refractivity contribution in [3.8, 4) is 11.3 Å². The normalized spacial score (nSPS) is 12.4. The van der Waals surface area contributed by atoms with E-state index >= 15 is 0 Å². The zero-order valence-corrected chi connectivity index (χ0v) is 10.6. The van der Waals surface area contributed by atoms with E-state index < -0.39 is 11.6 Å². The first kappa shape index (κ1) is 13.5.